The fraction of sp³-hybridized carbons (Fsp3) is 0.707. The molecule has 0 fully saturated rings. The van der Waals surface area contributed by atoms with Gasteiger partial charge in [-0.3, -0.25) is 14.4 Å². The van der Waals surface area contributed by atoms with Gasteiger partial charge in [-0.25, -0.2) is 0 Å². The summed E-state index contributed by atoms with van der Waals surface area (Å²) in [5.74, 6) is -0.968. The summed E-state index contributed by atoms with van der Waals surface area (Å²) >= 11 is 0. The van der Waals surface area contributed by atoms with E-state index in [0.29, 0.717) is 19.3 Å². The molecule has 0 spiro atoms. The smallest absolute Gasteiger partial charge is 0.306 e. The van der Waals surface area contributed by atoms with Crippen molar-refractivity contribution in [1.82, 2.24) is 0 Å². The van der Waals surface area contributed by atoms with Gasteiger partial charge in [-0.05, 0) is 64.2 Å². The molecule has 6 heteroatoms. The van der Waals surface area contributed by atoms with Crippen molar-refractivity contribution < 1.29 is 28.6 Å². The monoisotopic (exact) mass is 891 g/mol. The van der Waals surface area contributed by atoms with Gasteiger partial charge in [-0.2, -0.15) is 0 Å². The molecule has 366 valence electrons. The summed E-state index contributed by atoms with van der Waals surface area (Å²) in [5.41, 5.74) is 0. The number of rotatable bonds is 47. The van der Waals surface area contributed by atoms with Gasteiger partial charge in [0, 0.05) is 19.3 Å². The van der Waals surface area contributed by atoms with Crippen molar-refractivity contribution in [1.29, 1.82) is 0 Å². The molecule has 0 aromatic rings. The van der Waals surface area contributed by atoms with Crippen LogP contribution in [0.3, 0.4) is 0 Å². The minimum atomic E-state index is -0.808. The van der Waals surface area contributed by atoms with E-state index in [-0.39, 0.29) is 37.5 Å². The zero-order valence-electron chi connectivity index (χ0n) is 41.8. The number of allylic oxidation sites excluding steroid dienone is 14. The molecule has 0 radical (unpaired) electrons. The van der Waals surface area contributed by atoms with Crippen LogP contribution in [0, 0.1) is 0 Å². The van der Waals surface area contributed by atoms with Crippen LogP contribution in [0.4, 0.5) is 0 Å². The van der Waals surface area contributed by atoms with Gasteiger partial charge in [0.25, 0.3) is 0 Å². The lowest BCUT2D eigenvalue weighted by atomic mass is 10.0. The molecule has 0 saturated carbocycles. The minimum absolute atomic E-state index is 0.101. The van der Waals surface area contributed by atoms with Crippen molar-refractivity contribution in [2.45, 2.75) is 252 Å². The average Bonchev–Trinajstić information content (AvgIpc) is 3.29. The first-order valence-corrected chi connectivity index (χ1v) is 26.7. The number of hydrogen-bond acceptors (Lipinski definition) is 6. The summed E-state index contributed by atoms with van der Waals surface area (Å²) in [6.45, 7) is 6.44. The minimum Gasteiger partial charge on any atom is -0.462 e. The van der Waals surface area contributed by atoms with E-state index in [0.717, 1.165) is 77.0 Å². The molecule has 0 aliphatic carbocycles. The fourth-order valence-corrected chi connectivity index (χ4v) is 7.28. The predicted octanol–water partition coefficient (Wildman–Crippen LogP) is 17.6. The van der Waals surface area contributed by atoms with Crippen molar-refractivity contribution in [3.05, 3.63) is 85.1 Å². The topological polar surface area (TPSA) is 78.9 Å². The second-order valence-electron chi connectivity index (χ2n) is 17.6. The molecule has 0 N–H and O–H groups in total. The third-order valence-electron chi connectivity index (χ3n) is 11.3. The first kappa shape index (κ1) is 60.6. The van der Waals surface area contributed by atoms with Crippen LogP contribution in [0.15, 0.2) is 85.1 Å². The van der Waals surface area contributed by atoms with Crippen LogP contribution in [-0.4, -0.2) is 37.2 Å². The Morgan fingerprint density at radius 2 is 0.609 bits per heavy atom. The molecule has 0 aliphatic heterocycles. The molecule has 1 unspecified atom stereocenters. The number of hydrogen-bond donors (Lipinski definition) is 0. The highest BCUT2D eigenvalue weighted by Gasteiger charge is 2.19. The van der Waals surface area contributed by atoms with Crippen molar-refractivity contribution >= 4 is 17.9 Å². The zero-order valence-corrected chi connectivity index (χ0v) is 41.8. The fourth-order valence-electron chi connectivity index (χ4n) is 7.28. The molecule has 64 heavy (non-hydrogen) atoms. The van der Waals surface area contributed by atoms with Gasteiger partial charge in [0.15, 0.2) is 6.10 Å². The van der Waals surface area contributed by atoms with E-state index >= 15 is 0 Å². The Balaban J connectivity index is 4.49. The standard InChI is InChI=1S/C58H98O6/c1-4-7-10-13-16-19-22-25-28-31-33-36-39-42-45-48-51-57(60)63-54-55(64-58(61)52-49-46-43-40-37-34-30-27-24-21-18-15-12-9-6-3)53-62-56(59)50-47-44-41-38-35-32-29-26-23-20-17-14-11-8-5-2/h9,12,15,18,21,24,27-28,30-31,33-34,36-37,55H,4-8,10-11,13-14,16-17,19-20,22-23,25-26,29,32,35,38-54H2,1-3H3/b12-9-,18-15-,24-21-,30-27-,31-28-,36-33-,37-34-. The Kier molecular flexibility index (Phi) is 49.4. The molecular formula is C58H98O6. The maximum absolute atomic E-state index is 12.8. The van der Waals surface area contributed by atoms with E-state index in [1.165, 1.54) is 122 Å². The number of unbranched alkanes of at least 4 members (excludes halogenated alkanes) is 27. The third kappa shape index (κ3) is 49.6. The molecule has 6 nitrogen and oxygen atoms in total. The molecule has 0 bridgehead atoms. The lowest BCUT2D eigenvalue weighted by molar-refractivity contribution is -0.167. The van der Waals surface area contributed by atoms with Crippen molar-refractivity contribution in [3.8, 4) is 0 Å². The lowest BCUT2D eigenvalue weighted by Crippen LogP contribution is -2.30. The first-order chi connectivity index (χ1) is 31.5. The van der Waals surface area contributed by atoms with E-state index in [9.17, 15) is 14.4 Å². The van der Waals surface area contributed by atoms with Crippen molar-refractivity contribution in [2.75, 3.05) is 13.2 Å². The lowest BCUT2D eigenvalue weighted by Gasteiger charge is -2.18. The number of carbonyl (C=O) groups is 3. The highest BCUT2D eigenvalue weighted by molar-refractivity contribution is 5.71. The molecule has 0 saturated heterocycles. The molecule has 0 heterocycles. The van der Waals surface area contributed by atoms with Crippen molar-refractivity contribution in [3.63, 3.8) is 0 Å². The number of carbonyl (C=O) groups excluding carboxylic acids is 3. The normalized spacial score (nSPS) is 12.7. The number of ether oxygens (including phenoxy) is 3. The Morgan fingerprint density at radius 3 is 0.984 bits per heavy atom. The van der Waals surface area contributed by atoms with E-state index < -0.39 is 6.10 Å². The molecule has 0 aliphatic rings. The van der Waals surface area contributed by atoms with E-state index in [4.69, 9.17) is 14.2 Å². The number of esters is 3. The summed E-state index contributed by atoms with van der Waals surface area (Å²) < 4.78 is 16.8. The van der Waals surface area contributed by atoms with Gasteiger partial charge < -0.3 is 14.2 Å². The van der Waals surface area contributed by atoms with Crippen LogP contribution in [0.1, 0.15) is 245 Å². The predicted molar refractivity (Wildman–Crippen MR) is 274 cm³/mol. The SMILES string of the molecule is CC\C=C/C=C\C=C/C=C\C=C/CCCCCC(=O)OC(COC(=O)CCCCC/C=C\C=C/CCCCCCCCC)COC(=O)CCCCCCCCCCCCCCCCC. The first-order valence-electron chi connectivity index (χ1n) is 26.7. The van der Waals surface area contributed by atoms with Crippen LogP contribution in [0.25, 0.3) is 0 Å². The Hall–Kier alpha value is -3.41. The molecule has 0 rings (SSSR count). The summed E-state index contributed by atoms with van der Waals surface area (Å²) in [6, 6.07) is 0. The zero-order chi connectivity index (χ0) is 46.5. The van der Waals surface area contributed by atoms with E-state index in [1.807, 2.05) is 48.6 Å². The summed E-state index contributed by atoms with van der Waals surface area (Å²) in [5, 5.41) is 0. The Morgan fingerprint density at radius 1 is 0.328 bits per heavy atom. The summed E-state index contributed by atoms with van der Waals surface area (Å²) in [6.07, 6.45) is 67.1. The molecule has 0 amide bonds. The van der Waals surface area contributed by atoms with Crippen LogP contribution in [0.5, 0.6) is 0 Å². The highest BCUT2D eigenvalue weighted by Crippen LogP contribution is 2.15. The average molecular weight is 891 g/mol. The van der Waals surface area contributed by atoms with Gasteiger partial charge in [0.05, 0.1) is 0 Å². The van der Waals surface area contributed by atoms with E-state index in [1.54, 1.807) is 0 Å². The Bertz CT molecular complexity index is 1250. The molecular weight excluding hydrogens is 793 g/mol. The van der Waals surface area contributed by atoms with Gasteiger partial charge >= 0.3 is 17.9 Å². The molecule has 0 aromatic carbocycles. The largest absolute Gasteiger partial charge is 0.462 e. The molecule has 0 aromatic heterocycles. The van der Waals surface area contributed by atoms with Gasteiger partial charge in [-0.15, -0.1) is 0 Å². The van der Waals surface area contributed by atoms with Crippen molar-refractivity contribution in [2.24, 2.45) is 0 Å². The quantitative estimate of drug-likeness (QED) is 0.0262. The maximum Gasteiger partial charge on any atom is 0.306 e. The summed E-state index contributed by atoms with van der Waals surface area (Å²) in [7, 11) is 0. The van der Waals surface area contributed by atoms with Crippen LogP contribution < -0.4 is 0 Å². The second kappa shape index (κ2) is 52.2. The van der Waals surface area contributed by atoms with Crippen LogP contribution >= 0.6 is 0 Å². The van der Waals surface area contributed by atoms with Gasteiger partial charge in [-0.1, -0.05) is 247 Å². The van der Waals surface area contributed by atoms with Gasteiger partial charge in [0.2, 0.25) is 0 Å². The van der Waals surface area contributed by atoms with E-state index in [2.05, 4.69) is 57.2 Å². The summed E-state index contributed by atoms with van der Waals surface area (Å²) in [4.78, 5) is 38.0. The second-order valence-corrected chi connectivity index (χ2v) is 17.6. The Labute approximate surface area is 395 Å². The third-order valence-corrected chi connectivity index (χ3v) is 11.3. The van der Waals surface area contributed by atoms with Crippen LogP contribution in [0.2, 0.25) is 0 Å². The highest BCUT2D eigenvalue weighted by atomic mass is 16.6. The van der Waals surface area contributed by atoms with Gasteiger partial charge in [0.1, 0.15) is 13.2 Å². The molecule has 1 atom stereocenters. The van der Waals surface area contributed by atoms with Crippen LogP contribution in [-0.2, 0) is 28.6 Å². The maximum atomic E-state index is 12.8.